The summed E-state index contributed by atoms with van der Waals surface area (Å²) in [7, 11) is 1.96. The first-order valence-electron chi connectivity index (χ1n) is 7.13. The molecule has 1 fully saturated rings. The standard InChI is InChI=1S/C16H22N2O2/c1-12-5-3-4-6-15(12)17-16(20)11-18(2)13-7-9-14(19)10-8-13/h3-6,13H,7-11H2,1-2H3,(H,17,20). The van der Waals surface area contributed by atoms with Gasteiger partial charge in [0.25, 0.3) is 0 Å². The Morgan fingerprint density at radius 1 is 1.30 bits per heavy atom. The van der Waals surface area contributed by atoms with E-state index in [1.165, 1.54) is 0 Å². The number of amides is 1. The molecule has 1 amide bonds. The SMILES string of the molecule is Cc1ccccc1NC(=O)CN(C)C1CCC(=O)CC1. The smallest absolute Gasteiger partial charge is 0.238 e. The van der Waals surface area contributed by atoms with Crippen molar-refractivity contribution >= 4 is 17.4 Å². The van der Waals surface area contributed by atoms with E-state index in [1.54, 1.807) is 0 Å². The lowest BCUT2D eigenvalue weighted by Crippen LogP contribution is -2.40. The van der Waals surface area contributed by atoms with Crippen LogP contribution >= 0.6 is 0 Å². The van der Waals surface area contributed by atoms with Crippen molar-refractivity contribution in [2.45, 2.75) is 38.6 Å². The average Bonchev–Trinajstić information content (AvgIpc) is 2.42. The number of hydrogen-bond acceptors (Lipinski definition) is 3. The number of nitrogens with one attached hydrogen (secondary N) is 1. The Labute approximate surface area is 120 Å². The van der Waals surface area contributed by atoms with E-state index in [-0.39, 0.29) is 5.91 Å². The molecular formula is C16H22N2O2. The Morgan fingerprint density at radius 3 is 2.60 bits per heavy atom. The molecule has 0 radical (unpaired) electrons. The van der Waals surface area contributed by atoms with Crippen molar-refractivity contribution in [3.63, 3.8) is 0 Å². The van der Waals surface area contributed by atoms with E-state index in [0.717, 1.165) is 24.1 Å². The average molecular weight is 274 g/mol. The van der Waals surface area contributed by atoms with Crippen molar-refractivity contribution in [1.82, 2.24) is 4.90 Å². The lowest BCUT2D eigenvalue weighted by molar-refractivity contribution is -0.121. The number of aryl methyl sites for hydroxylation is 1. The predicted octanol–water partition coefficient (Wildman–Crippen LogP) is 2.38. The number of likely N-dealkylation sites (N-methyl/N-ethyl adjacent to an activating group) is 1. The van der Waals surface area contributed by atoms with Gasteiger partial charge in [-0.05, 0) is 38.4 Å². The van der Waals surface area contributed by atoms with Crippen LogP contribution in [0.3, 0.4) is 0 Å². The van der Waals surface area contributed by atoms with Crippen LogP contribution in [0.5, 0.6) is 0 Å². The largest absolute Gasteiger partial charge is 0.325 e. The summed E-state index contributed by atoms with van der Waals surface area (Å²) in [5, 5.41) is 2.94. The number of para-hydroxylation sites is 1. The Morgan fingerprint density at radius 2 is 1.95 bits per heavy atom. The molecule has 4 heteroatoms. The van der Waals surface area contributed by atoms with Crippen molar-refractivity contribution in [1.29, 1.82) is 0 Å². The van der Waals surface area contributed by atoms with Crippen LogP contribution in [-0.4, -0.2) is 36.2 Å². The normalized spacial score (nSPS) is 16.4. The van der Waals surface area contributed by atoms with Gasteiger partial charge in [0, 0.05) is 24.6 Å². The maximum Gasteiger partial charge on any atom is 0.238 e. The molecule has 1 aromatic rings. The van der Waals surface area contributed by atoms with Gasteiger partial charge in [-0.25, -0.2) is 0 Å². The molecule has 0 saturated heterocycles. The lowest BCUT2D eigenvalue weighted by Gasteiger charge is -2.30. The van der Waals surface area contributed by atoms with Crippen LogP contribution in [0.15, 0.2) is 24.3 Å². The van der Waals surface area contributed by atoms with Gasteiger partial charge in [0.15, 0.2) is 0 Å². The van der Waals surface area contributed by atoms with Gasteiger partial charge in [0.1, 0.15) is 5.78 Å². The van der Waals surface area contributed by atoms with Gasteiger partial charge < -0.3 is 5.32 Å². The van der Waals surface area contributed by atoms with Crippen LogP contribution in [0.4, 0.5) is 5.69 Å². The molecule has 0 bridgehead atoms. The van der Waals surface area contributed by atoms with Crippen LogP contribution < -0.4 is 5.32 Å². The van der Waals surface area contributed by atoms with Crippen molar-refractivity contribution < 1.29 is 9.59 Å². The van der Waals surface area contributed by atoms with Gasteiger partial charge in [0.2, 0.25) is 5.91 Å². The van der Waals surface area contributed by atoms with Crippen molar-refractivity contribution in [2.24, 2.45) is 0 Å². The molecule has 0 heterocycles. The van der Waals surface area contributed by atoms with E-state index in [9.17, 15) is 9.59 Å². The number of Topliss-reactive ketones (excluding diaryl/α,β-unsaturated/α-hetero) is 1. The van der Waals surface area contributed by atoms with Gasteiger partial charge in [-0.2, -0.15) is 0 Å². The Kier molecular flexibility index (Phi) is 4.90. The third kappa shape index (κ3) is 3.90. The molecule has 1 N–H and O–H groups in total. The summed E-state index contributed by atoms with van der Waals surface area (Å²) in [5.74, 6) is 0.345. The van der Waals surface area contributed by atoms with Crippen molar-refractivity contribution in [2.75, 3.05) is 18.9 Å². The van der Waals surface area contributed by atoms with Crippen LogP contribution in [-0.2, 0) is 9.59 Å². The van der Waals surface area contributed by atoms with E-state index < -0.39 is 0 Å². The topological polar surface area (TPSA) is 49.4 Å². The maximum absolute atomic E-state index is 12.1. The first kappa shape index (κ1) is 14.7. The Hall–Kier alpha value is -1.68. The van der Waals surface area contributed by atoms with Crippen LogP contribution in [0.25, 0.3) is 0 Å². The van der Waals surface area contributed by atoms with Gasteiger partial charge in [-0.1, -0.05) is 18.2 Å². The summed E-state index contributed by atoms with van der Waals surface area (Å²) in [5.41, 5.74) is 1.93. The van der Waals surface area contributed by atoms with Crippen LogP contribution in [0.1, 0.15) is 31.2 Å². The molecule has 0 unspecified atom stereocenters. The second-order valence-corrected chi connectivity index (χ2v) is 5.55. The molecule has 0 aromatic heterocycles. The summed E-state index contributed by atoms with van der Waals surface area (Å²) in [6.07, 6.45) is 3.03. The van der Waals surface area contributed by atoms with Crippen LogP contribution in [0.2, 0.25) is 0 Å². The second kappa shape index (κ2) is 6.66. The quantitative estimate of drug-likeness (QED) is 0.917. The number of hydrogen-bond donors (Lipinski definition) is 1. The maximum atomic E-state index is 12.1. The van der Waals surface area contributed by atoms with Crippen LogP contribution in [0, 0.1) is 6.92 Å². The number of carbonyl (C=O) groups excluding carboxylic acids is 2. The highest BCUT2D eigenvalue weighted by Crippen LogP contribution is 2.19. The highest BCUT2D eigenvalue weighted by Gasteiger charge is 2.23. The molecule has 4 nitrogen and oxygen atoms in total. The fraction of sp³-hybridized carbons (Fsp3) is 0.500. The van der Waals surface area contributed by atoms with Gasteiger partial charge in [-0.3, -0.25) is 14.5 Å². The van der Waals surface area contributed by atoms with Crippen molar-refractivity contribution in [3.05, 3.63) is 29.8 Å². The third-order valence-electron chi connectivity index (χ3n) is 3.95. The molecule has 1 aliphatic carbocycles. The molecule has 20 heavy (non-hydrogen) atoms. The second-order valence-electron chi connectivity index (χ2n) is 5.55. The van der Waals surface area contributed by atoms with Gasteiger partial charge in [-0.15, -0.1) is 0 Å². The molecule has 0 aliphatic heterocycles. The summed E-state index contributed by atoms with van der Waals surface area (Å²) in [4.78, 5) is 25.4. The molecule has 1 aliphatic rings. The summed E-state index contributed by atoms with van der Waals surface area (Å²) >= 11 is 0. The lowest BCUT2D eigenvalue weighted by atomic mass is 9.93. The minimum atomic E-state index is -0.00120. The molecule has 1 saturated carbocycles. The van der Waals surface area contributed by atoms with Gasteiger partial charge in [0.05, 0.1) is 6.54 Å². The van der Waals surface area contributed by atoms with E-state index in [0.29, 0.717) is 31.2 Å². The minimum absolute atomic E-state index is 0.00120. The zero-order valence-electron chi connectivity index (χ0n) is 12.2. The summed E-state index contributed by atoms with van der Waals surface area (Å²) in [6.45, 7) is 2.35. The first-order chi connectivity index (χ1) is 9.56. The fourth-order valence-electron chi connectivity index (χ4n) is 2.62. The zero-order valence-corrected chi connectivity index (χ0v) is 12.2. The van der Waals surface area contributed by atoms with E-state index in [1.807, 2.05) is 38.2 Å². The number of benzene rings is 1. The summed E-state index contributed by atoms with van der Waals surface area (Å²) < 4.78 is 0. The molecule has 0 atom stereocenters. The highest BCUT2D eigenvalue weighted by molar-refractivity contribution is 5.93. The van der Waals surface area contributed by atoms with E-state index in [2.05, 4.69) is 10.2 Å². The fourth-order valence-corrected chi connectivity index (χ4v) is 2.62. The first-order valence-corrected chi connectivity index (χ1v) is 7.13. The predicted molar refractivity (Wildman–Crippen MR) is 79.7 cm³/mol. The van der Waals surface area contributed by atoms with E-state index >= 15 is 0 Å². The minimum Gasteiger partial charge on any atom is -0.325 e. The zero-order chi connectivity index (χ0) is 14.5. The molecule has 108 valence electrons. The van der Waals surface area contributed by atoms with Gasteiger partial charge >= 0.3 is 0 Å². The Bertz CT molecular complexity index is 489. The Balaban J connectivity index is 1.85. The number of carbonyl (C=O) groups is 2. The molecule has 0 spiro atoms. The summed E-state index contributed by atoms with van der Waals surface area (Å²) in [6, 6.07) is 8.10. The number of ketones is 1. The van der Waals surface area contributed by atoms with Crippen molar-refractivity contribution in [3.8, 4) is 0 Å². The third-order valence-corrected chi connectivity index (χ3v) is 3.95. The number of nitrogens with zero attached hydrogens (tertiary/aromatic N) is 1. The number of rotatable bonds is 4. The molecular weight excluding hydrogens is 252 g/mol. The highest BCUT2D eigenvalue weighted by atomic mass is 16.2. The molecule has 2 rings (SSSR count). The molecule has 1 aromatic carbocycles. The number of anilines is 1. The van der Waals surface area contributed by atoms with E-state index in [4.69, 9.17) is 0 Å². The monoisotopic (exact) mass is 274 g/mol.